The third-order valence-corrected chi connectivity index (χ3v) is 5.05. The van der Waals surface area contributed by atoms with Gasteiger partial charge in [0.05, 0.1) is 12.2 Å². The molecule has 0 bridgehead atoms. The van der Waals surface area contributed by atoms with Crippen molar-refractivity contribution in [2.45, 2.75) is 46.0 Å². The highest BCUT2D eigenvalue weighted by Crippen LogP contribution is 2.28. The summed E-state index contributed by atoms with van der Waals surface area (Å²) in [5, 5.41) is 2.50. The average molecular weight is 458 g/mol. The number of para-hydroxylation sites is 2. The van der Waals surface area contributed by atoms with E-state index in [1.165, 1.54) is 0 Å². The van der Waals surface area contributed by atoms with Crippen LogP contribution in [0.25, 0.3) is 0 Å². The molecule has 7 nitrogen and oxygen atoms in total. The van der Waals surface area contributed by atoms with E-state index >= 15 is 0 Å². The molecule has 1 unspecified atom stereocenters. The monoisotopic (exact) mass is 457 g/mol. The Balaban J connectivity index is 1.82. The third-order valence-electron chi connectivity index (χ3n) is 4.85. The largest absolute Gasteiger partial charge is 0.493 e. The van der Waals surface area contributed by atoms with Crippen molar-refractivity contribution in [3.8, 4) is 11.5 Å². The van der Waals surface area contributed by atoms with Gasteiger partial charge in [0.2, 0.25) is 0 Å². The zero-order valence-electron chi connectivity index (χ0n) is 18.8. The van der Waals surface area contributed by atoms with Crippen LogP contribution in [0.4, 0.5) is 0 Å². The van der Waals surface area contributed by atoms with Gasteiger partial charge in [-0.15, -0.1) is 0 Å². The van der Waals surface area contributed by atoms with Gasteiger partial charge < -0.3 is 9.47 Å². The van der Waals surface area contributed by atoms with Crippen molar-refractivity contribution in [1.82, 2.24) is 16.2 Å². The van der Waals surface area contributed by atoms with E-state index in [1.54, 1.807) is 24.3 Å². The first kappa shape index (κ1) is 25.1. The molecular weight excluding hydrogens is 426 g/mol. The van der Waals surface area contributed by atoms with Gasteiger partial charge >= 0.3 is 0 Å². The molecule has 0 fully saturated rings. The number of nitrogens with one attached hydrogen (secondary N) is 3. The minimum atomic E-state index is -0.428. The molecule has 2 rings (SSSR count). The smallest absolute Gasteiger partial charge is 0.276 e. The Labute approximate surface area is 194 Å². The SMILES string of the molecule is CCCCOc1ccccc1C(=O)NC(=S)NNC(=O)COc1ccccc1C(C)CC. The summed E-state index contributed by atoms with van der Waals surface area (Å²) in [4.78, 5) is 24.7. The van der Waals surface area contributed by atoms with E-state index in [4.69, 9.17) is 21.7 Å². The van der Waals surface area contributed by atoms with E-state index < -0.39 is 11.8 Å². The molecule has 172 valence electrons. The summed E-state index contributed by atoms with van der Waals surface area (Å²) in [5.74, 6) is 0.627. The highest BCUT2D eigenvalue weighted by Gasteiger charge is 2.14. The van der Waals surface area contributed by atoms with Crippen LogP contribution >= 0.6 is 12.2 Å². The van der Waals surface area contributed by atoms with E-state index in [9.17, 15) is 9.59 Å². The predicted octanol–water partition coefficient (Wildman–Crippen LogP) is 4.09. The lowest BCUT2D eigenvalue weighted by Gasteiger charge is -2.16. The van der Waals surface area contributed by atoms with Crippen LogP contribution in [-0.4, -0.2) is 30.1 Å². The minimum Gasteiger partial charge on any atom is -0.493 e. The first-order valence-electron chi connectivity index (χ1n) is 10.8. The van der Waals surface area contributed by atoms with Crippen molar-refractivity contribution < 1.29 is 19.1 Å². The number of benzene rings is 2. The summed E-state index contributed by atoms with van der Waals surface area (Å²) >= 11 is 5.11. The van der Waals surface area contributed by atoms with Gasteiger partial charge in [-0.25, -0.2) is 0 Å². The van der Waals surface area contributed by atoms with Crippen LogP contribution in [0, 0.1) is 0 Å². The van der Waals surface area contributed by atoms with Gasteiger partial charge in [-0.2, -0.15) is 0 Å². The van der Waals surface area contributed by atoms with Crippen LogP contribution in [0.2, 0.25) is 0 Å². The maximum atomic E-state index is 12.5. The quantitative estimate of drug-likeness (QED) is 0.283. The van der Waals surface area contributed by atoms with Crippen molar-refractivity contribution >= 4 is 29.1 Å². The second-order valence-electron chi connectivity index (χ2n) is 7.29. The molecule has 0 aliphatic heterocycles. The number of carbonyl (C=O) groups is 2. The van der Waals surface area contributed by atoms with Crippen LogP contribution in [-0.2, 0) is 4.79 Å². The fraction of sp³-hybridized carbons (Fsp3) is 0.375. The number of rotatable bonds is 10. The molecule has 8 heteroatoms. The van der Waals surface area contributed by atoms with Crippen molar-refractivity contribution in [2.24, 2.45) is 0 Å². The Morgan fingerprint density at radius 1 is 0.969 bits per heavy atom. The van der Waals surface area contributed by atoms with Gasteiger partial charge in [0.1, 0.15) is 11.5 Å². The maximum absolute atomic E-state index is 12.5. The number of hydrogen-bond donors (Lipinski definition) is 3. The van der Waals surface area contributed by atoms with Crippen LogP contribution in [0.3, 0.4) is 0 Å². The molecule has 2 amide bonds. The fourth-order valence-electron chi connectivity index (χ4n) is 2.85. The van der Waals surface area contributed by atoms with Gasteiger partial charge in [-0.1, -0.05) is 57.5 Å². The van der Waals surface area contributed by atoms with Gasteiger partial charge in [-0.3, -0.25) is 25.8 Å². The molecule has 32 heavy (non-hydrogen) atoms. The number of unbranched alkanes of at least 4 members (excludes halogenated alkanes) is 1. The van der Waals surface area contributed by atoms with Crippen LogP contribution in [0.5, 0.6) is 11.5 Å². The van der Waals surface area contributed by atoms with Crippen molar-refractivity contribution in [3.63, 3.8) is 0 Å². The summed E-state index contributed by atoms with van der Waals surface area (Å²) in [6.45, 7) is 6.61. The third kappa shape index (κ3) is 7.85. The number of ether oxygens (including phenoxy) is 2. The molecule has 0 spiro atoms. The van der Waals surface area contributed by atoms with Gasteiger partial charge in [0.15, 0.2) is 11.7 Å². The van der Waals surface area contributed by atoms with E-state index in [0.29, 0.717) is 29.6 Å². The Hall–Kier alpha value is -3.13. The van der Waals surface area contributed by atoms with Crippen LogP contribution < -0.4 is 25.6 Å². The Bertz CT molecular complexity index is 920. The first-order valence-corrected chi connectivity index (χ1v) is 11.2. The first-order chi connectivity index (χ1) is 15.5. The lowest BCUT2D eigenvalue weighted by molar-refractivity contribution is -0.123. The normalized spacial score (nSPS) is 11.2. The second kappa shape index (κ2) is 13.3. The molecule has 2 aromatic rings. The molecule has 3 N–H and O–H groups in total. The molecule has 0 radical (unpaired) electrons. The lowest BCUT2D eigenvalue weighted by Crippen LogP contribution is -2.49. The van der Waals surface area contributed by atoms with Gasteiger partial charge in [0.25, 0.3) is 11.8 Å². The highest BCUT2D eigenvalue weighted by atomic mass is 32.1. The predicted molar refractivity (Wildman–Crippen MR) is 129 cm³/mol. The second-order valence-corrected chi connectivity index (χ2v) is 7.70. The number of carbonyl (C=O) groups excluding carboxylic acids is 2. The van der Waals surface area contributed by atoms with Crippen molar-refractivity contribution in [1.29, 1.82) is 0 Å². The molecule has 0 saturated carbocycles. The minimum absolute atomic E-state index is 0.0354. The van der Waals surface area contributed by atoms with E-state index in [-0.39, 0.29) is 11.7 Å². The molecule has 0 heterocycles. The zero-order valence-corrected chi connectivity index (χ0v) is 19.6. The van der Waals surface area contributed by atoms with Crippen LogP contribution in [0.1, 0.15) is 61.9 Å². The Morgan fingerprint density at radius 2 is 1.66 bits per heavy atom. The van der Waals surface area contributed by atoms with E-state index in [1.807, 2.05) is 24.3 Å². The van der Waals surface area contributed by atoms with E-state index in [2.05, 4.69) is 36.9 Å². The molecular formula is C24H31N3O4S. The number of thiocarbonyl (C=S) groups is 1. The Morgan fingerprint density at radius 3 is 2.38 bits per heavy atom. The lowest BCUT2D eigenvalue weighted by atomic mass is 9.98. The topological polar surface area (TPSA) is 88.7 Å². The van der Waals surface area contributed by atoms with Gasteiger partial charge in [-0.05, 0) is 54.7 Å². The molecule has 0 aromatic heterocycles. The number of hydrazine groups is 1. The molecule has 1 atom stereocenters. The van der Waals surface area contributed by atoms with Gasteiger partial charge in [0, 0.05) is 0 Å². The van der Waals surface area contributed by atoms with Crippen LogP contribution in [0.15, 0.2) is 48.5 Å². The summed E-state index contributed by atoms with van der Waals surface area (Å²) in [5.41, 5.74) is 6.37. The Kier molecular flexibility index (Phi) is 10.5. The van der Waals surface area contributed by atoms with Crippen molar-refractivity contribution in [2.75, 3.05) is 13.2 Å². The molecule has 2 aromatic carbocycles. The fourth-order valence-corrected chi connectivity index (χ4v) is 3.00. The summed E-state index contributed by atoms with van der Waals surface area (Å²) in [6, 6.07) is 14.6. The van der Waals surface area contributed by atoms with E-state index in [0.717, 1.165) is 24.8 Å². The average Bonchev–Trinajstić information content (AvgIpc) is 2.81. The molecule has 0 aliphatic carbocycles. The zero-order chi connectivity index (χ0) is 23.3. The number of hydrogen-bond acceptors (Lipinski definition) is 5. The van der Waals surface area contributed by atoms with Crippen molar-refractivity contribution in [3.05, 3.63) is 59.7 Å². The molecule has 0 aliphatic rings. The summed E-state index contributed by atoms with van der Waals surface area (Å²) < 4.78 is 11.3. The maximum Gasteiger partial charge on any atom is 0.276 e. The summed E-state index contributed by atoms with van der Waals surface area (Å²) in [6.07, 6.45) is 2.86. The standard InChI is InChI=1S/C24H31N3O4S/c1-4-6-15-30-21-14-10-8-12-19(21)23(29)25-24(32)27-26-22(28)16-31-20-13-9-7-11-18(20)17(3)5-2/h7-14,17H,4-6,15-16H2,1-3H3,(H,26,28)(H2,25,27,29,32). The molecule has 0 saturated heterocycles. The summed E-state index contributed by atoms with van der Waals surface area (Å²) in [7, 11) is 0. The highest BCUT2D eigenvalue weighted by molar-refractivity contribution is 7.80. The number of amides is 2.